The first kappa shape index (κ1) is 15.6. The summed E-state index contributed by atoms with van der Waals surface area (Å²) in [5.74, 6) is -0.0705. The molecule has 0 atom stereocenters. The molecule has 0 bridgehead atoms. The van der Waals surface area contributed by atoms with Gasteiger partial charge in [-0.15, -0.1) is 0 Å². The van der Waals surface area contributed by atoms with Crippen LogP contribution in [0.5, 0.6) is 0 Å². The van der Waals surface area contributed by atoms with Gasteiger partial charge in [0.25, 0.3) is 5.91 Å². The largest absolute Gasteiger partial charge is 0.393 e. The molecule has 0 unspecified atom stereocenters. The van der Waals surface area contributed by atoms with Crippen LogP contribution in [-0.4, -0.2) is 52.4 Å². The van der Waals surface area contributed by atoms with Crippen LogP contribution in [0.25, 0.3) is 0 Å². The maximum atomic E-state index is 12.4. The van der Waals surface area contributed by atoms with Crippen molar-refractivity contribution in [1.29, 1.82) is 0 Å². The Morgan fingerprint density at radius 3 is 2.74 bits per heavy atom. The minimum Gasteiger partial charge on any atom is -0.393 e. The van der Waals surface area contributed by atoms with Crippen molar-refractivity contribution in [3.8, 4) is 0 Å². The number of rotatable bonds is 7. The van der Waals surface area contributed by atoms with Gasteiger partial charge in [-0.1, -0.05) is 12.2 Å². The second kappa shape index (κ2) is 7.20. The number of aryl methyl sites for hydroxylation is 2. The number of aromatic nitrogens is 2. The van der Waals surface area contributed by atoms with E-state index in [0.717, 1.165) is 0 Å². The molecule has 1 rings (SSSR count). The Kier molecular flexibility index (Phi) is 5.91. The minimum absolute atomic E-state index is 0.0705. The SMILES string of the molecule is COCCN(CCC(N)=S)C(=O)c1cn(C)nc1C. The number of thiocarbonyl (C=S) groups is 1. The summed E-state index contributed by atoms with van der Waals surface area (Å²) in [5.41, 5.74) is 6.80. The van der Waals surface area contributed by atoms with Crippen molar-refractivity contribution in [3.63, 3.8) is 0 Å². The van der Waals surface area contributed by atoms with E-state index in [2.05, 4.69) is 5.10 Å². The lowest BCUT2D eigenvalue weighted by atomic mass is 10.2. The van der Waals surface area contributed by atoms with Crippen molar-refractivity contribution in [1.82, 2.24) is 14.7 Å². The van der Waals surface area contributed by atoms with Gasteiger partial charge in [0.05, 0.1) is 22.9 Å². The highest BCUT2D eigenvalue weighted by Crippen LogP contribution is 2.09. The van der Waals surface area contributed by atoms with E-state index in [1.807, 2.05) is 6.92 Å². The maximum Gasteiger partial charge on any atom is 0.257 e. The van der Waals surface area contributed by atoms with E-state index in [9.17, 15) is 4.79 Å². The number of hydrogen-bond donors (Lipinski definition) is 1. The third-order valence-corrected chi connectivity index (χ3v) is 2.93. The van der Waals surface area contributed by atoms with Crippen molar-refractivity contribution in [2.24, 2.45) is 12.8 Å². The van der Waals surface area contributed by atoms with Gasteiger partial charge in [-0.25, -0.2) is 0 Å². The van der Waals surface area contributed by atoms with Crippen LogP contribution in [0.15, 0.2) is 6.20 Å². The summed E-state index contributed by atoms with van der Waals surface area (Å²) in [6.45, 7) is 3.29. The summed E-state index contributed by atoms with van der Waals surface area (Å²) < 4.78 is 6.65. The third-order valence-electron chi connectivity index (χ3n) is 2.72. The van der Waals surface area contributed by atoms with Crippen LogP contribution < -0.4 is 5.73 Å². The standard InChI is InChI=1S/C12H20N4O2S/c1-9-10(8-15(2)14-9)12(17)16(6-7-18-3)5-4-11(13)19/h8H,4-7H2,1-3H3,(H2,13,19). The molecule has 0 fully saturated rings. The molecule has 0 radical (unpaired) electrons. The van der Waals surface area contributed by atoms with Crippen LogP contribution in [0.3, 0.4) is 0 Å². The normalized spacial score (nSPS) is 10.5. The second-order valence-electron chi connectivity index (χ2n) is 4.30. The van der Waals surface area contributed by atoms with Crippen molar-refractivity contribution >= 4 is 23.1 Å². The Balaban J connectivity index is 2.80. The Labute approximate surface area is 118 Å². The van der Waals surface area contributed by atoms with Gasteiger partial charge in [0.1, 0.15) is 0 Å². The fraction of sp³-hybridized carbons (Fsp3) is 0.583. The van der Waals surface area contributed by atoms with Crippen LogP contribution in [0.2, 0.25) is 0 Å². The average Bonchev–Trinajstić information content (AvgIpc) is 2.67. The molecule has 19 heavy (non-hydrogen) atoms. The number of hydrogen-bond acceptors (Lipinski definition) is 4. The zero-order valence-corrected chi connectivity index (χ0v) is 12.4. The molecule has 0 aliphatic heterocycles. The van der Waals surface area contributed by atoms with Crippen molar-refractivity contribution in [2.75, 3.05) is 26.8 Å². The van der Waals surface area contributed by atoms with Crippen LogP contribution in [0.1, 0.15) is 22.5 Å². The second-order valence-corrected chi connectivity index (χ2v) is 4.83. The number of amides is 1. The monoisotopic (exact) mass is 284 g/mol. The van der Waals surface area contributed by atoms with Gasteiger partial charge in [0, 0.05) is 39.9 Å². The van der Waals surface area contributed by atoms with Crippen LogP contribution in [0.4, 0.5) is 0 Å². The van der Waals surface area contributed by atoms with E-state index in [1.54, 1.807) is 29.9 Å². The summed E-state index contributed by atoms with van der Waals surface area (Å²) in [6, 6.07) is 0. The van der Waals surface area contributed by atoms with Gasteiger partial charge in [0.2, 0.25) is 0 Å². The van der Waals surface area contributed by atoms with E-state index in [1.165, 1.54) is 0 Å². The molecule has 0 saturated heterocycles. The molecule has 1 amide bonds. The Hall–Kier alpha value is -1.47. The van der Waals surface area contributed by atoms with Crippen molar-refractivity contribution in [2.45, 2.75) is 13.3 Å². The predicted molar refractivity (Wildman–Crippen MR) is 77.1 cm³/mol. The minimum atomic E-state index is -0.0705. The number of nitrogens with two attached hydrogens (primary N) is 1. The van der Waals surface area contributed by atoms with Crippen molar-refractivity contribution in [3.05, 3.63) is 17.5 Å². The summed E-state index contributed by atoms with van der Waals surface area (Å²) in [4.78, 5) is 14.5. The first-order valence-electron chi connectivity index (χ1n) is 6.02. The van der Waals surface area contributed by atoms with Crippen LogP contribution in [0, 0.1) is 6.92 Å². The molecule has 1 aromatic heterocycles. The number of nitrogens with zero attached hydrogens (tertiary/aromatic N) is 3. The van der Waals surface area contributed by atoms with Gasteiger partial charge in [-0.2, -0.15) is 5.10 Å². The van der Waals surface area contributed by atoms with E-state index >= 15 is 0 Å². The lowest BCUT2D eigenvalue weighted by molar-refractivity contribution is 0.0700. The molecular formula is C12H20N4O2S. The lowest BCUT2D eigenvalue weighted by Crippen LogP contribution is -2.36. The summed E-state index contributed by atoms with van der Waals surface area (Å²) in [5, 5.41) is 4.18. The smallest absolute Gasteiger partial charge is 0.257 e. The van der Waals surface area contributed by atoms with Gasteiger partial charge in [-0.3, -0.25) is 9.48 Å². The number of carbonyl (C=O) groups excluding carboxylic acids is 1. The van der Waals surface area contributed by atoms with E-state index < -0.39 is 0 Å². The third kappa shape index (κ3) is 4.60. The predicted octanol–water partition coefficient (Wildman–Crippen LogP) is 0.493. The fourth-order valence-corrected chi connectivity index (χ4v) is 1.83. The highest BCUT2D eigenvalue weighted by atomic mass is 32.1. The quantitative estimate of drug-likeness (QED) is 0.738. The fourth-order valence-electron chi connectivity index (χ4n) is 1.74. The van der Waals surface area contributed by atoms with Gasteiger partial charge in [-0.05, 0) is 6.92 Å². The summed E-state index contributed by atoms with van der Waals surface area (Å²) >= 11 is 4.85. The van der Waals surface area contributed by atoms with Crippen LogP contribution in [-0.2, 0) is 11.8 Å². The maximum absolute atomic E-state index is 12.4. The number of ether oxygens (including phenoxy) is 1. The molecule has 0 aromatic carbocycles. The van der Waals surface area contributed by atoms with Gasteiger partial charge >= 0.3 is 0 Å². The topological polar surface area (TPSA) is 73.4 Å². The zero-order chi connectivity index (χ0) is 14.4. The molecule has 6 nitrogen and oxygen atoms in total. The molecule has 7 heteroatoms. The molecule has 0 spiro atoms. The summed E-state index contributed by atoms with van der Waals surface area (Å²) in [6.07, 6.45) is 2.22. The number of carbonyl (C=O) groups is 1. The van der Waals surface area contributed by atoms with E-state index in [4.69, 9.17) is 22.7 Å². The average molecular weight is 284 g/mol. The Morgan fingerprint density at radius 1 is 1.58 bits per heavy atom. The first-order chi connectivity index (χ1) is 8.95. The van der Waals surface area contributed by atoms with E-state index in [0.29, 0.717) is 42.4 Å². The highest BCUT2D eigenvalue weighted by Gasteiger charge is 2.19. The number of methoxy groups -OCH3 is 1. The molecule has 1 aromatic rings. The lowest BCUT2D eigenvalue weighted by Gasteiger charge is -2.21. The molecule has 0 aliphatic carbocycles. The molecule has 106 valence electrons. The van der Waals surface area contributed by atoms with Gasteiger partial charge in [0.15, 0.2) is 0 Å². The first-order valence-corrected chi connectivity index (χ1v) is 6.43. The molecule has 0 saturated carbocycles. The molecule has 2 N–H and O–H groups in total. The zero-order valence-electron chi connectivity index (χ0n) is 11.5. The van der Waals surface area contributed by atoms with Gasteiger partial charge < -0.3 is 15.4 Å². The molecule has 1 heterocycles. The van der Waals surface area contributed by atoms with Crippen molar-refractivity contribution < 1.29 is 9.53 Å². The Morgan fingerprint density at radius 2 is 2.26 bits per heavy atom. The van der Waals surface area contributed by atoms with Crippen LogP contribution >= 0.6 is 12.2 Å². The molecular weight excluding hydrogens is 264 g/mol. The molecule has 0 aliphatic rings. The highest BCUT2D eigenvalue weighted by molar-refractivity contribution is 7.80. The Bertz CT molecular complexity index is 459. The van der Waals surface area contributed by atoms with E-state index in [-0.39, 0.29) is 5.91 Å². The summed E-state index contributed by atoms with van der Waals surface area (Å²) in [7, 11) is 3.39.